The van der Waals surface area contributed by atoms with Gasteiger partial charge in [-0.15, -0.1) is 0 Å². The van der Waals surface area contributed by atoms with Gasteiger partial charge in [0.2, 0.25) is 0 Å². The molecule has 0 aliphatic heterocycles. The van der Waals surface area contributed by atoms with Crippen molar-refractivity contribution in [3.05, 3.63) is 72.9 Å². The van der Waals surface area contributed by atoms with Gasteiger partial charge in [0, 0.05) is 12.8 Å². The van der Waals surface area contributed by atoms with E-state index in [4.69, 9.17) is 19.3 Å². The fraction of sp³-hybridized carbons (Fsp3) is 0.650. The van der Waals surface area contributed by atoms with Crippen molar-refractivity contribution in [1.29, 1.82) is 0 Å². The molecule has 0 aromatic heterocycles. The second-order valence-corrected chi connectivity index (χ2v) is 14.3. The van der Waals surface area contributed by atoms with E-state index in [-0.39, 0.29) is 19.4 Å². The zero-order chi connectivity index (χ0) is 38.0. The molecule has 0 saturated carbocycles. The van der Waals surface area contributed by atoms with Crippen LogP contribution in [0.3, 0.4) is 0 Å². The Hall–Kier alpha value is -2.59. The monoisotopic (exact) mass is 738 g/mol. The van der Waals surface area contributed by atoms with Gasteiger partial charge in [0.25, 0.3) is 0 Å². The lowest BCUT2D eigenvalue weighted by atomic mass is 10.0. The number of aliphatic hydroxyl groups excluding tert-OH is 2. The first kappa shape index (κ1) is 48.4. The van der Waals surface area contributed by atoms with Gasteiger partial charge < -0.3 is 29.5 Å². The molecule has 0 heterocycles. The van der Waals surface area contributed by atoms with E-state index in [1.165, 1.54) is 38.5 Å². The zero-order valence-corrected chi connectivity index (χ0v) is 32.3. The number of aliphatic hydroxyl groups is 2. The highest BCUT2D eigenvalue weighted by Gasteiger charge is 2.22. The third-order valence-electron chi connectivity index (χ3n) is 7.59. The predicted molar refractivity (Wildman–Crippen MR) is 205 cm³/mol. The van der Waals surface area contributed by atoms with Gasteiger partial charge in [-0.2, -0.15) is 0 Å². The van der Waals surface area contributed by atoms with E-state index in [1.807, 2.05) is 42.5 Å². The summed E-state index contributed by atoms with van der Waals surface area (Å²) in [5.74, 6) is -0.309. The number of phosphoric acid groups is 1. The van der Waals surface area contributed by atoms with Gasteiger partial charge in [-0.05, 0) is 44.4 Å². The van der Waals surface area contributed by atoms with Gasteiger partial charge in [-0.3, -0.25) is 14.1 Å². The number of hydrogen-bond acceptors (Lipinski definition) is 8. The average molecular weight is 739 g/mol. The minimum absolute atomic E-state index is 0.0779. The number of phosphoric ester groups is 1. The van der Waals surface area contributed by atoms with E-state index in [2.05, 4.69) is 25.3 Å². The molecule has 3 atom stereocenters. The number of rotatable bonds is 32. The van der Waals surface area contributed by atoms with Crippen molar-refractivity contribution >= 4 is 19.8 Å². The van der Waals surface area contributed by atoms with Crippen LogP contribution in [-0.2, 0) is 28.2 Å². The van der Waals surface area contributed by atoms with Crippen LogP contribution in [0.5, 0.6) is 0 Å². The maximum Gasteiger partial charge on any atom is 0.469 e. The molecule has 0 aliphatic rings. The van der Waals surface area contributed by atoms with E-state index < -0.39 is 44.7 Å². The number of unbranched alkanes of at least 4 members (excludes halogenated alkanes) is 9. The zero-order valence-electron chi connectivity index (χ0n) is 31.4. The molecule has 0 aliphatic carbocycles. The quantitative estimate of drug-likeness (QED) is 0.0173. The van der Waals surface area contributed by atoms with Crippen molar-refractivity contribution in [2.45, 2.75) is 148 Å². The Bertz CT molecular complexity index is 1100. The van der Waals surface area contributed by atoms with Crippen molar-refractivity contribution in [3.63, 3.8) is 0 Å². The lowest BCUT2D eigenvalue weighted by Gasteiger charge is -2.18. The summed E-state index contributed by atoms with van der Waals surface area (Å²) >= 11 is 0. The molecule has 10 nitrogen and oxygen atoms in total. The topological polar surface area (TPSA) is 160 Å². The van der Waals surface area contributed by atoms with Crippen LogP contribution in [0.1, 0.15) is 130 Å². The molecule has 51 heavy (non-hydrogen) atoms. The molecule has 11 heteroatoms. The molecule has 0 radical (unpaired) electrons. The fourth-order valence-electron chi connectivity index (χ4n) is 4.77. The Kier molecular flexibility index (Phi) is 31.6. The molecule has 4 N–H and O–H groups in total. The van der Waals surface area contributed by atoms with Crippen LogP contribution in [-0.4, -0.2) is 63.5 Å². The molecule has 0 bridgehead atoms. The summed E-state index contributed by atoms with van der Waals surface area (Å²) in [7, 11) is -4.80. The lowest BCUT2D eigenvalue weighted by Crippen LogP contribution is -2.29. The SMILES string of the molecule is CC/C=C\C[C@@H](O)/C=C/C=C\C/C=C\C=C\[C@@H](O)/C=C\CCCC(=O)OC[C@H](COP(=O)(O)O)OC(=O)CCCCCCCCCCCC(C)C. The second kappa shape index (κ2) is 33.3. The Morgan fingerprint density at radius 1 is 0.686 bits per heavy atom. The van der Waals surface area contributed by atoms with Crippen LogP contribution < -0.4 is 0 Å². The predicted octanol–water partition coefficient (Wildman–Crippen LogP) is 8.92. The maximum absolute atomic E-state index is 12.3. The molecule has 0 unspecified atom stereocenters. The van der Waals surface area contributed by atoms with Crippen molar-refractivity contribution < 1.29 is 48.2 Å². The average Bonchev–Trinajstić information content (AvgIpc) is 3.07. The lowest BCUT2D eigenvalue weighted by molar-refractivity contribution is -0.161. The summed E-state index contributed by atoms with van der Waals surface area (Å²) in [4.78, 5) is 42.7. The third kappa shape index (κ3) is 37.0. The van der Waals surface area contributed by atoms with Gasteiger partial charge in [0.05, 0.1) is 18.8 Å². The Balaban J connectivity index is 4.26. The summed E-state index contributed by atoms with van der Waals surface area (Å²) in [6.45, 7) is 5.59. The van der Waals surface area contributed by atoms with Crippen LogP contribution in [0.15, 0.2) is 72.9 Å². The van der Waals surface area contributed by atoms with Crippen molar-refractivity contribution in [3.8, 4) is 0 Å². The number of ether oxygens (including phenoxy) is 2. The minimum atomic E-state index is -4.80. The summed E-state index contributed by atoms with van der Waals surface area (Å²) in [5, 5.41) is 19.9. The number of allylic oxidation sites excluding steroid dienone is 8. The van der Waals surface area contributed by atoms with Gasteiger partial charge in [-0.25, -0.2) is 4.57 Å². The largest absolute Gasteiger partial charge is 0.469 e. The second-order valence-electron chi connectivity index (χ2n) is 13.1. The van der Waals surface area contributed by atoms with Gasteiger partial charge >= 0.3 is 19.8 Å². The van der Waals surface area contributed by atoms with E-state index in [1.54, 1.807) is 30.4 Å². The highest BCUT2D eigenvalue weighted by molar-refractivity contribution is 7.46. The first-order valence-electron chi connectivity index (χ1n) is 18.8. The molecule has 0 amide bonds. The van der Waals surface area contributed by atoms with Crippen molar-refractivity contribution in [2.24, 2.45) is 5.92 Å². The van der Waals surface area contributed by atoms with Crippen LogP contribution in [0, 0.1) is 5.92 Å². The summed E-state index contributed by atoms with van der Waals surface area (Å²) < 4.78 is 26.2. The summed E-state index contributed by atoms with van der Waals surface area (Å²) in [5.41, 5.74) is 0. The van der Waals surface area contributed by atoms with Crippen LogP contribution in [0.4, 0.5) is 0 Å². The third-order valence-corrected chi connectivity index (χ3v) is 8.08. The van der Waals surface area contributed by atoms with Crippen LogP contribution in [0.2, 0.25) is 0 Å². The van der Waals surface area contributed by atoms with Crippen molar-refractivity contribution in [1.82, 2.24) is 0 Å². The van der Waals surface area contributed by atoms with E-state index in [0.717, 1.165) is 31.6 Å². The minimum Gasteiger partial charge on any atom is -0.462 e. The highest BCUT2D eigenvalue weighted by atomic mass is 31.2. The van der Waals surface area contributed by atoms with Crippen molar-refractivity contribution in [2.75, 3.05) is 13.2 Å². The first-order chi connectivity index (χ1) is 24.4. The van der Waals surface area contributed by atoms with E-state index in [9.17, 15) is 24.4 Å². The molecule has 0 spiro atoms. The first-order valence-corrected chi connectivity index (χ1v) is 20.4. The number of esters is 2. The molecule has 0 saturated heterocycles. The Labute approximate surface area is 307 Å². The normalized spacial score (nSPS) is 14.7. The standard InChI is InChI=1S/C40H67O10P/c1-4-5-19-27-36(41)28-21-15-11-9-12-16-22-29-37(42)30-23-18-25-31-39(43)48-33-38(34-49-51(45,46)47)50-40(44)32-24-17-13-8-6-7-10-14-20-26-35(2)3/h5,11-12,15-16,19,21-23,28-30,35-38,41-42H,4,6-10,13-14,17-18,20,24-27,31-34H2,1-3H3,(H2,45,46,47)/b15-11-,16-12-,19-5-,28-21+,29-22+,30-23-/t36-,37-,38-/m1/s1. The molecule has 0 aromatic carbocycles. The molecule has 292 valence electrons. The molecule has 0 fully saturated rings. The highest BCUT2D eigenvalue weighted by Crippen LogP contribution is 2.36. The Morgan fingerprint density at radius 3 is 1.92 bits per heavy atom. The van der Waals surface area contributed by atoms with Crippen LogP contribution >= 0.6 is 7.82 Å². The molecular weight excluding hydrogens is 671 g/mol. The number of hydrogen-bond donors (Lipinski definition) is 4. The van der Waals surface area contributed by atoms with Gasteiger partial charge in [0.15, 0.2) is 6.10 Å². The van der Waals surface area contributed by atoms with Gasteiger partial charge in [0.1, 0.15) is 6.61 Å². The smallest absolute Gasteiger partial charge is 0.462 e. The molecule has 0 rings (SSSR count). The summed E-state index contributed by atoms with van der Waals surface area (Å²) in [6, 6.07) is 0. The van der Waals surface area contributed by atoms with E-state index >= 15 is 0 Å². The van der Waals surface area contributed by atoms with Crippen LogP contribution in [0.25, 0.3) is 0 Å². The summed E-state index contributed by atoms with van der Waals surface area (Å²) in [6.07, 6.45) is 34.3. The maximum atomic E-state index is 12.3. The molecular formula is C40H67O10P. The van der Waals surface area contributed by atoms with E-state index in [0.29, 0.717) is 32.1 Å². The Morgan fingerprint density at radius 2 is 1.29 bits per heavy atom. The van der Waals surface area contributed by atoms with Gasteiger partial charge in [-0.1, -0.05) is 151 Å². The molecule has 0 aromatic rings. The number of carbonyl (C=O) groups is 2. The number of carbonyl (C=O) groups excluding carboxylic acids is 2. The fourth-order valence-corrected chi connectivity index (χ4v) is 5.13.